The molecule has 1 rings (SSSR count). The van der Waals surface area contributed by atoms with E-state index in [0.717, 1.165) is 12.0 Å². The number of phenolic OH excluding ortho intramolecular Hbond substituents is 1. The summed E-state index contributed by atoms with van der Waals surface area (Å²) in [6.07, 6.45) is 0.906. The van der Waals surface area contributed by atoms with Crippen molar-refractivity contribution in [3.8, 4) is 5.75 Å². The van der Waals surface area contributed by atoms with Crippen LogP contribution < -0.4 is 5.73 Å². The van der Waals surface area contributed by atoms with Crippen LogP contribution in [0.4, 0.5) is 5.69 Å². The van der Waals surface area contributed by atoms with Crippen molar-refractivity contribution in [3.05, 3.63) is 21.7 Å². The van der Waals surface area contributed by atoms with Gasteiger partial charge in [0.15, 0.2) is 5.75 Å². The number of phenols is 1. The number of nitrogen functional groups attached to an aromatic ring is 1. The van der Waals surface area contributed by atoms with Crippen molar-refractivity contribution in [1.29, 1.82) is 0 Å². The third-order valence-corrected chi connectivity index (χ3v) is 3.06. The van der Waals surface area contributed by atoms with E-state index in [4.69, 9.17) is 28.9 Å². The molecular formula is C10H14Cl3NO. The van der Waals surface area contributed by atoms with Crippen LogP contribution in [-0.2, 0) is 0 Å². The van der Waals surface area contributed by atoms with Gasteiger partial charge in [0.1, 0.15) is 0 Å². The van der Waals surface area contributed by atoms with Crippen molar-refractivity contribution in [2.45, 2.75) is 26.2 Å². The Morgan fingerprint density at radius 2 is 2.00 bits per heavy atom. The van der Waals surface area contributed by atoms with Crippen LogP contribution in [0.15, 0.2) is 6.07 Å². The summed E-state index contributed by atoms with van der Waals surface area (Å²) >= 11 is 12.0. The van der Waals surface area contributed by atoms with Gasteiger partial charge in [0.05, 0.1) is 10.7 Å². The van der Waals surface area contributed by atoms with Crippen molar-refractivity contribution in [3.63, 3.8) is 0 Å². The highest BCUT2D eigenvalue weighted by molar-refractivity contribution is 6.37. The number of hydrogen-bond donors (Lipinski definition) is 2. The molecule has 15 heavy (non-hydrogen) atoms. The van der Waals surface area contributed by atoms with E-state index < -0.39 is 0 Å². The van der Waals surface area contributed by atoms with Crippen LogP contribution in [0, 0.1) is 0 Å². The second-order valence-corrected chi connectivity index (χ2v) is 4.12. The van der Waals surface area contributed by atoms with E-state index in [2.05, 4.69) is 0 Å². The number of halogens is 3. The zero-order valence-corrected chi connectivity index (χ0v) is 10.9. The molecule has 0 amide bonds. The lowest BCUT2D eigenvalue weighted by Crippen LogP contribution is -1.97. The molecule has 1 atom stereocenters. The molecule has 1 aromatic rings. The third kappa shape index (κ3) is 2.83. The molecule has 0 aromatic heterocycles. The van der Waals surface area contributed by atoms with E-state index in [1.54, 1.807) is 0 Å². The van der Waals surface area contributed by atoms with E-state index in [-0.39, 0.29) is 34.8 Å². The maximum Gasteiger partial charge on any atom is 0.157 e. The summed E-state index contributed by atoms with van der Waals surface area (Å²) < 4.78 is 0. The van der Waals surface area contributed by atoms with Gasteiger partial charge in [0.25, 0.3) is 0 Å². The predicted octanol–water partition coefficient (Wildman–Crippen LogP) is 4.22. The highest BCUT2D eigenvalue weighted by Gasteiger charge is 2.17. The molecule has 2 nitrogen and oxygen atoms in total. The molecule has 0 aliphatic heterocycles. The first kappa shape index (κ1) is 14.7. The quantitative estimate of drug-likeness (QED) is 0.624. The molecule has 1 aromatic carbocycles. The van der Waals surface area contributed by atoms with Gasteiger partial charge in [0.2, 0.25) is 0 Å². The van der Waals surface area contributed by atoms with Gasteiger partial charge >= 0.3 is 0 Å². The van der Waals surface area contributed by atoms with Gasteiger partial charge in [-0.3, -0.25) is 0 Å². The third-order valence-electron chi connectivity index (χ3n) is 2.36. The standard InChI is InChI=1S/C10H13Cl2NO.ClH/c1-3-5(2)8-6(11)4-7(13)10(14)9(8)12;/h4-5,14H,3,13H2,1-2H3;1H. The SMILES string of the molecule is CCC(C)c1c(Cl)cc(N)c(O)c1Cl.Cl. The Hall–Kier alpha value is -0.310. The van der Waals surface area contributed by atoms with Crippen LogP contribution in [0.3, 0.4) is 0 Å². The van der Waals surface area contributed by atoms with Crippen molar-refractivity contribution in [1.82, 2.24) is 0 Å². The Balaban J connectivity index is 0.00000196. The second-order valence-electron chi connectivity index (χ2n) is 3.33. The minimum absolute atomic E-state index is 0. The van der Waals surface area contributed by atoms with E-state index in [1.807, 2.05) is 13.8 Å². The Kier molecular flexibility index (Phi) is 5.57. The molecule has 0 spiro atoms. The molecule has 86 valence electrons. The van der Waals surface area contributed by atoms with Crippen molar-refractivity contribution >= 4 is 41.3 Å². The lowest BCUT2D eigenvalue weighted by atomic mass is 9.98. The van der Waals surface area contributed by atoms with E-state index >= 15 is 0 Å². The molecule has 0 radical (unpaired) electrons. The molecule has 0 bridgehead atoms. The lowest BCUT2D eigenvalue weighted by molar-refractivity contribution is 0.476. The minimum Gasteiger partial charge on any atom is -0.504 e. The Morgan fingerprint density at radius 3 is 2.47 bits per heavy atom. The zero-order valence-electron chi connectivity index (χ0n) is 8.55. The van der Waals surface area contributed by atoms with Crippen molar-refractivity contribution in [2.75, 3.05) is 5.73 Å². The maximum atomic E-state index is 9.54. The summed E-state index contributed by atoms with van der Waals surface area (Å²) in [6.45, 7) is 4.04. The highest BCUT2D eigenvalue weighted by Crippen LogP contribution is 2.42. The molecule has 0 fully saturated rings. The summed E-state index contributed by atoms with van der Waals surface area (Å²) in [7, 11) is 0. The maximum absolute atomic E-state index is 9.54. The topological polar surface area (TPSA) is 46.2 Å². The highest BCUT2D eigenvalue weighted by atomic mass is 35.5. The smallest absolute Gasteiger partial charge is 0.157 e. The average molecular weight is 271 g/mol. The van der Waals surface area contributed by atoms with Crippen LogP contribution in [0.1, 0.15) is 31.7 Å². The zero-order chi connectivity index (χ0) is 10.9. The monoisotopic (exact) mass is 269 g/mol. The molecule has 0 saturated heterocycles. The summed E-state index contributed by atoms with van der Waals surface area (Å²) in [5.74, 6) is 0.132. The Morgan fingerprint density at radius 1 is 1.47 bits per heavy atom. The van der Waals surface area contributed by atoms with Crippen LogP contribution in [0.5, 0.6) is 5.75 Å². The van der Waals surface area contributed by atoms with E-state index in [9.17, 15) is 5.11 Å². The second kappa shape index (κ2) is 5.69. The van der Waals surface area contributed by atoms with Crippen LogP contribution in [0.2, 0.25) is 10.0 Å². The first-order valence-electron chi connectivity index (χ1n) is 4.45. The molecule has 3 N–H and O–H groups in total. The van der Waals surface area contributed by atoms with Gasteiger partial charge in [-0.25, -0.2) is 0 Å². The van der Waals surface area contributed by atoms with Crippen LogP contribution >= 0.6 is 35.6 Å². The van der Waals surface area contributed by atoms with Gasteiger partial charge < -0.3 is 10.8 Å². The van der Waals surface area contributed by atoms with Crippen molar-refractivity contribution in [2.24, 2.45) is 0 Å². The number of rotatable bonds is 2. The van der Waals surface area contributed by atoms with Gasteiger partial charge in [-0.05, 0) is 24.0 Å². The Bertz CT molecular complexity index is 355. The largest absolute Gasteiger partial charge is 0.504 e. The predicted molar refractivity (Wildman–Crippen MR) is 68.5 cm³/mol. The van der Waals surface area contributed by atoms with Gasteiger partial charge in [-0.15, -0.1) is 12.4 Å². The first-order chi connectivity index (χ1) is 6.49. The number of anilines is 1. The van der Waals surface area contributed by atoms with Gasteiger partial charge in [-0.2, -0.15) is 0 Å². The molecule has 0 aliphatic rings. The summed E-state index contributed by atoms with van der Waals surface area (Å²) in [6, 6.07) is 1.53. The van der Waals surface area contributed by atoms with Gasteiger partial charge in [0, 0.05) is 5.02 Å². The summed E-state index contributed by atoms with van der Waals surface area (Å²) in [4.78, 5) is 0. The molecule has 1 unspecified atom stereocenters. The van der Waals surface area contributed by atoms with Gasteiger partial charge in [-0.1, -0.05) is 37.0 Å². The van der Waals surface area contributed by atoms with Crippen LogP contribution in [0.25, 0.3) is 0 Å². The fraction of sp³-hybridized carbons (Fsp3) is 0.400. The molecule has 0 aliphatic carbocycles. The Labute approximate surface area is 106 Å². The molecule has 0 saturated carbocycles. The lowest BCUT2D eigenvalue weighted by Gasteiger charge is -2.15. The molecular weight excluding hydrogens is 256 g/mol. The first-order valence-corrected chi connectivity index (χ1v) is 5.20. The number of aromatic hydroxyl groups is 1. The fourth-order valence-electron chi connectivity index (χ4n) is 1.30. The molecule has 5 heteroatoms. The molecule has 0 heterocycles. The van der Waals surface area contributed by atoms with Crippen molar-refractivity contribution < 1.29 is 5.11 Å². The normalized spacial score (nSPS) is 12.0. The van der Waals surface area contributed by atoms with E-state index in [1.165, 1.54) is 6.07 Å². The van der Waals surface area contributed by atoms with Crippen LogP contribution in [-0.4, -0.2) is 5.11 Å². The number of benzene rings is 1. The average Bonchev–Trinajstić information content (AvgIpc) is 2.14. The summed E-state index contributed by atoms with van der Waals surface area (Å²) in [5.41, 5.74) is 6.49. The van der Waals surface area contributed by atoms with E-state index in [0.29, 0.717) is 5.02 Å². The number of hydrogen-bond acceptors (Lipinski definition) is 2. The minimum atomic E-state index is -0.0774. The fourth-order valence-corrected chi connectivity index (χ4v) is 2.14. The number of nitrogens with two attached hydrogens (primary N) is 1. The summed E-state index contributed by atoms with van der Waals surface area (Å²) in [5, 5.41) is 10.3.